The van der Waals surface area contributed by atoms with Crippen molar-refractivity contribution in [2.75, 3.05) is 7.11 Å². The summed E-state index contributed by atoms with van der Waals surface area (Å²) in [4.78, 5) is 0. The first-order valence-corrected chi connectivity index (χ1v) is 6.81. The maximum Gasteiger partial charge on any atom is 0.141 e. The number of halogens is 4. The molecule has 0 spiro atoms. The van der Waals surface area contributed by atoms with Crippen molar-refractivity contribution in [3.63, 3.8) is 0 Å². The molecule has 0 aliphatic carbocycles. The molecule has 0 saturated carbocycles. The molecule has 0 heterocycles. The highest BCUT2D eigenvalue weighted by atomic mass is 79.9. The molecule has 0 fully saturated rings. The summed E-state index contributed by atoms with van der Waals surface area (Å²) in [6.07, 6.45) is -1.41. The van der Waals surface area contributed by atoms with Gasteiger partial charge in [-0.05, 0) is 40.5 Å². The summed E-state index contributed by atoms with van der Waals surface area (Å²) >= 11 is 3.00. The molecule has 1 unspecified atom stereocenters. The molecule has 0 saturated heterocycles. The molecule has 2 rings (SSSR count). The van der Waals surface area contributed by atoms with E-state index in [2.05, 4.69) is 15.9 Å². The molecule has 0 aromatic heterocycles. The molecule has 21 heavy (non-hydrogen) atoms. The first-order valence-electron chi connectivity index (χ1n) is 6.01. The van der Waals surface area contributed by atoms with E-state index in [1.807, 2.05) is 0 Å². The van der Waals surface area contributed by atoms with E-state index in [9.17, 15) is 18.3 Å². The average molecular weight is 361 g/mol. The molecular weight excluding hydrogens is 349 g/mol. The van der Waals surface area contributed by atoms with Crippen LogP contribution in [0.4, 0.5) is 13.2 Å². The zero-order valence-electron chi connectivity index (χ0n) is 11.3. The number of aliphatic hydroxyl groups excluding tert-OH is 1. The molecule has 6 heteroatoms. The van der Waals surface area contributed by atoms with Gasteiger partial charge in [0.25, 0.3) is 0 Å². The quantitative estimate of drug-likeness (QED) is 0.885. The number of hydrogen-bond acceptors (Lipinski definition) is 2. The van der Waals surface area contributed by atoms with Gasteiger partial charge in [-0.3, -0.25) is 0 Å². The Kier molecular flexibility index (Phi) is 4.58. The molecule has 0 bridgehead atoms. The van der Waals surface area contributed by atoms with Gasteiger partial charge in [-0.1, -0.05) is 0 Å². The third-order valence-electron chi connectivity index (χ3n) is 3.14. The molecule has 0 amide bonds. The van der Waals surface area contributed by atoms with E-state index >= 15 is 0 Å². The zero-order chi connectivity index (χ0) is 15.7. The number of ether oxygens (including phenoxy) is 1. The maximum atomic E-state index is 13.9. The highest BCUT2D eigenvalue weighted by Crippen LogP contribution is 2.35. The Morgan fingerprint density at radius 2 is 1.67 bits per heavy atom. The molecule has 0 aliphatic rings. The van der Waals surface area contributed by atoms with Crippen molar-refractivity contribution >= 4 is 15.9 Å². The van der Waals surface area contributed by atoms with E-state index in [-0.39, 0.29) is 26.9 Å². The number of hydrogen-bond donors (Lipinski definition) is 1. The van der Waals surface area contributed by atoms with Crippen LogP contribution in [-0.4, -0.2) is 12.2 Å². The summed E-state index contributed by atoms with van der Waals surface area (Å²) in [7, 11) is 1.31. The van der Waals surface area contributed by atoms with Crippen LogP contribution in [0.1, 0.15) is 22.8 Å². The minimum Gasteiger partial charge on any atom is -0.496 e. The fraction of sp³-hybridized carbons (Fsp3) is 0.200. The van der Waals surface area contributed by atoms with Gasteiger partial charge in [0, 0.05) is 23.3 Å². The molecule has 2 aromatic rings. The van der Waals surface area contributed by atoms with Crippen LogP contribution < -0.4 is 4.74 Å². The molecule has 1 N–H and O–H groups in total. The third kappa shape index (κ3) is 3.06. The zero-order valence-corrected chi connectivity index (χ0v) is 12.8. The minimum atomic E-state index is -1.41. The van der Waals surface area contributed by atoms with Crippen molar-refractivity contribution in [1.29, 1.82) is 0 Å². The highest BCUT2D eigenvalue weighted by molar-refractivity contribution is 9.10. The summed E-state index contributed by atoms with van der Waals surface area (Å²) in [5.41, 5.74) is 0.270. The second-order valence-corrected chi connectivity index (χ2v) is 5.39. The van der Waals surface area contributed by atoms with Crippen molar-refractivity contribution in [3.05, 3.63) is 62.9 Å². The van der Waals surface area contributed by atoms with E-state index in [0.29, 0.717) is 6.07 Å². The van der Waals surface area contributed by atoms with Gasteiger partial charge in [0.15, 0.2) is 0 Å². The predicted octanol–water partition coefficient (Wildman–Crippen LogP) is 4.27. The van der Waals surface area contributed by atoms with Crippen LogP contribution in [-0.2, 0) is 0 Å². The third-order valence-corrected chi connectivity index (χ3v) is 3.75. The number of methoxy groups -OCH3 is 1. The molecule has 0 aliphatic heterocycles. The molecule has 112 valence electrons. The second-order valence-electron chi connectivity index (χ2n) is 4.53. The predicted molar refractivity (Wildman–Crippen MR) is 75.8 cm³/mol. The van der Waals surface area contributed by atoms with Crippen molar-refractivity contribution in [2.24, 2.45) is 0 Å². The number of rotatable bonds is 3. The van der Waals surface area contributed by atoms with Crippen LogP contribution in [0.25, 0.3) is 0 Å². The lowest BCUT2D eigenvalue weighted by atomic mass is 9.98. The van der Waals surface area contributed by atoms with E-state index in [4.69, 9.17) is 4.74 Å². The van der Waals surface area contributed by atoms with E-state index in [0.717, 1.165) is 6.07 Å². The fourth-order valence-electron chi connectivity index (χ4n) is 1.99. The normalized spacial score (nSPS) is 12.3. The second kappa shape index (κ2) is 6.07. The summed E-state index contributed by atoms with van der Waals surface area (Å²) in [6, 6.07) is 4.30. The minimum absolute atomic E-state index is 0.0737. The lowest BCUT2D eigenvalue weighted by molar-refractivity contribution is 0.209. The van der Waals surface area contributed by atoms with Crippen molar-refractivity contribution in [2.45, 2.75) is 13.0 Å². The first kappa shape index (κ1) is 15.9. The van der Waals surface area contributed by atoms with Gasteiger partial charge in [0.1, 0.15) is 29.3 Å². The fourth-order valence-corrected chi connectivity index (χ4v) is 2.35. The van der Waals surface area contributed by atoms with Gasteiger partial charge in [-0.25, -0.2) is 13.2 Å². The summed E-state index contributed by atoms with van der Waals surface area (Å²) in [5, 5.41) is 10.3. The van der Waals surface area contributed by atoms with E-state index in [1.54, 1.807) is 0 Å². The first-order chi connectivity index (χ1) is 9.85. The monoisotopic (exact) mass is 360 g/mol. The van der Waals surface area contributed by atoms with Gasteiger partial charge in [-0.2, -0.15) is 0 Å². The topological polar surface area (TPSA) is 29.5 Å². The summed E-state index contributed by atoms with van der Waals surface area (Å²) in [6.45, 7) is 1.46. The van der Waals surface area contributed by atoms with Crippen LogP contribution in [0.3, 0.4) is 0 Å². The maximum absolute atomic E-state index is 13.9. The van der Waals surface area contributed by atoms with Crippen LogP contribution >= 0.6 is 15.9 Å². The Morgan fingerprint density at radius 3 is 2.29 bits per heavy atom. The Morgan fingerprint density at radius 1 is 1.00 bits per heavy atom. The van der Waals surface area contributed by atoms with Gasteiger partial charge in [0.05, 0.1) is 11.6 Å². The van der Waals surface area contributed by atoms with Crippen molar-refractivity contribution < 1.29 is 23.0 Å². The molecule has 1 atom stereocenters. The van der Waals surface area contributed by atoms with Crippen LogP contribution in [0, 0.1) is 24.4 Å². The van der Waals surface area contributed by atoms with E-state index < -0.39 is 23.6 Å². The van der Waals surface area contributed by atoms with E-state index in [1.165, 1.54) is 26.2 Å². The highest BCUT2D eigenvalue weighted by Gasteiger charge is 2.22. The van der Waals surface area contributed by atoms with Crippen LogP contribution in [0.5, 0.6) is 5.75 Å². The standard InChI is InChI=1S/C15H12BrF3O2/c1-7-3-8(12(18)5-11(7)17)15(20)9-4-10(16)13(19)6-14(9)21-2/h3-6,15,20H,1-2H3. The lowest BCUT2D eigenvalue weighted by Gasteiger charge is -2.17. The Bertz CT molecular complexity index is 689. The van der Waals surface area contributed by atoms with Gasteiger partial charge >= 0.3 is 0 Å². The van der Waals surface area contributed by atoms with Gasteiger partial charge in [-0.15, -0.1) is 0 Å². The summed E-state index contributed by atoms with van der Waals surface area (Å²) < 4.78 is 45.7. The number of aryl methyl sites for hydroxylation is 1. The van der Waals surface area contributed by atoms with Gasteiger partial charge in [0.2, 0.25) is 0 Å². The largest absolute Gasteiger partial charge is 0.496 e. The summed E-state index contributed by atoms with van der Waals surface area (Å²) in [5.74, 6) is -2.08. The Balaban J connectivity index is 2.57. The van der Waals surface area contributed by atoms with Crippen molar-refractivity contribution in [3.8, 4) is 5.75 Å². The lowest BCUT2D eigenvalue weighted by Crippen LogP contribution is -2.07. The van der Waals surface area contributed by atoms with Crippen LogP contribution in [0.15, 0.2) is 28.7 Å². The SMILES string of the molecule is COc1cc(F)c(Br)cc1C(O)c1cc(C)c(F)cc1F. The van der Waals surface area contributed by atoms with Crippen LogP contribution in [0.2, 0.25) is 0 Å². The Labute approximate surface area is 128 Å². The molecule has 2 aromatic carbocycles. The smallest absolute Gasteiger partial charge is 0.141 e. The molecular formula is C15H12BrF3O2. The number of benzene rings is 2. The Hall–Kier alpha value is -1.53. The molecule has 0 radical (unpaired) electrons. The van der Waals surface area contributed by atoms with Gasteiger partial charge < -0.3 is 9.84 Å². The molecule has 2 nitrogen and oxygen atoms in total. The average Bonchev–Trinajstić information content (AvgIpc) is 2.44. The van der Waals surface area contributed by atoms with Crippen molar-refractivity contribution in [1.82, 2.24) is 0 Å². The number of aliphatic hydroxyl groups is 1.